The van der Waals surface area contributed by atoms with E-state index in [0.29, 0.717) is 18.0 Å². The SMILES string of the molecule is COc1cc(CN(CC(=O)O)C(C)C)c(OC)cc1Br. The van der Waals surface area contributed by atoms with Gasteiger partial charge in [0.05, 0.1) is 25.2 Å². The predicted octanol–water partition coefficient (Wildman–Crippen LogP) is 2.76. The minimum Gasteiger partial charge on any atom is -0.496 e. The molecule has 1 N–H and O–H groups in total. The second-order valence-corrected chi connectivity index (χ2v) is 5.55. The van der Waals surface area contributed by atoms with Crippen molar-refractivity contribution in [2.24, 2.45) is 0 Å². The van der Waals surface area contributed by atoms with Gasteiger partial charge in [0.1, 0.15) is 11.5 Å². The van der Waals surface area contributed by atoms with Crippen molar-refractivity contribution < 1.29 is 19.4 Å². The molecule has 0 bridgehead atoms. The minimum atomic E-state index is -0.846. The maximum atomic E-state index is 10.9. The molecule has 0 amide bonds. The molecule has 20 heavy (non-hydrogen) atoms. The maximum absolute atomic E-state index is 10.9. The van der Waals surface area contributed by atoms with Crippen LogP contribution < -0.4 is 9.47 Å². The molecule has 0 aliphatic carbocycles. The van der Waals surface area contributed by atoms with Crippen LogP contribution in [0.1, 0.15) is 19.4 Å². The van der Waals surface area contributed by atoms with Gasteiger partial charge >= 0.3 is 5.97 Å². The average Bonchev–Trinajstić information content (AvgIpc) is 2.38. The van der Waals surface area contributed by atoms with Gasteiger partial charge in [-0.1, -0.05) is 0 Å². The monoisotopic (exact) mass is 345 g/mol. The Balaban J connectivity index is 3.07. The molecule has 1 aromatic carbocycles. The first-order valence-electron chi connectivity index (χ1n) is 6.25. The summed E-state index contributed by atoms with van der Waals surface area (Å²) in [5.41, 5.74) is 0.891. The molecule has 1 rings (SSSR count). The number of aliphatic carboxylic acids is 1. The second kappa shape index (κ2) is 7.50. The molecule has 5 nitrogen and oxygen atoms in total. The van der Waals surface area contributed by atoms with Crippen LogP contribution in [0.4, 0.5) is 0 Å². The van der Waals surface area contributed by atoms with Gasteiger partial charge in [0.2, 0.25) is 0 Å². The van der Waals surface area contributed by atoms with Gasteiger partial charge in [-0.05, 0) is 41.9 Å². The number of halogens is 1. The van der Waals surface area contributed by atoms with E-state index in [4.69, 9.17) is 14.6 Å². The van der Waals surface area contributed by atoms with Crippen LogP contribution in [0, 0.1) is 0 Å². The molecular formula is C14H20BrNO4. The lowest BCUT2D eigenvalue weighted by Gasteiger charge is -2.25. The van der Waals surface area contributed by atoms with Crippen LogP contribution in [-0.2, 0) is 11.3 Å². The zero-order chi connectivity index (χ0) is 15.3. The summed E-state index contributed by atoms with van der Waals surface area (Å²) < 4.78 is 11.4. The van der Waals surface area contributed by atoms with Crippen LogP contribution in [0.25, 0.3) is 0 Å². The quantitative estimate of drug-likeness (QED) is 0.823. The van der Waals surface area contributed by atoms with E-state index in [1.165, 1.54) is 0 Å². The first-order valence-corrected chi connectivity index (χ1v) is 7.04. The zero-order valence-corrected chi connectivity index (χ0v) is 13.7. The fraction of sp³-hybridized carbons (Fsp3) is 0.500. The molecular weight excluding hydrogens is 326 g/mol. The Morgan fingerprint density at radius 3 is 2.35 bits per heavy atom. The van der Waals surface area contributed by atoms with E-state index in [9.17, 15) is 4.79 Å². The number of nitrogens with zero attached hydrogens (tertiary/aromatic N) is 1. The zero-order valence-electron chi connectivity index (χ0n) is 12.1. The topological polar surface area (TPSA) is 59.0 Å². The summed E-state index contributed by atoms with van der Waals surface area (Å²) in [5, 5.41) is 8.98. The number of hydrogen-bond acceptors (Lipinski definition) is 4. The van der Waals surface area contributed by atoms with E-state index in [2.05, 4.69) is 15.9 Å². The number of carbonyl (C=O) groups is 1. The average molecular weight is 346 g/mol. The van der Waals surface area contributed by atoms with E-state index in [-0.39, 0.29) is 12.6 Å². The summed E-state index contributed by atoms with van der Waals surface area (Å²) in [7, 11) is 3.18. The summed E-state index contributed by atoms with van der Waals surface area (Å²) in [6.07, 6.45) is 0. The van der Waals surface area contributed by atoms with E-state index in [0.717, 1.165) is 10.0 Å². The fourth-order valence-electron chi connectivity index (χ4n) is 1.86. The molecule has 112 valence electrons. The molecule has 0 spiro atoms. The number of hydrogen-bond donors (Lipinski definition) is 1. The van der Waals surface area contributed by atoms with E-state index in [1.54, 1.807) is 14.2 Å². The number of carboxylic acids is 1. The lowest BCUT2D eigenvalue weighted by Crippen LogP contribution is -2.35. The molecule has 0 saturated carbocycles. The lowest BCUT2D eigenvalue weighted by molar-refractivity contribution is -0.138. The third kappa shape index (κ3) is 4.38. The molecule has 0 aromatic heterocycles. The summed E-state index contributed by atoms with van der Waals surface area (Å²) in [4.78, 5) is 12.8. The third-order valence-corrected chi connectivity index (χ3v) is 3.62. The van der Waals surface area contributed by atoms with Crippen molar-refractivity contribution >= 4 is 21.9 Å². The van der Waals surface area contributed by atoms with Gasteiger partial charge in [-0.3, -0.25) is 9.69 Å². The normalized spacial score (nSPS) is 10.9. The van der Waals surface area contributed by atoms with Crippen molar-refractivity contribution in [2.45, 2.75) is 26.4 Å². The first-order chi connectivity index (χ1) is 9.38. The van der Waals surface area contributed by atoms with Crippen LogP contribution in [0.2, 0.25) is 0 Å². The van der Waals surface area contributed by atoms with Crippen LogP contribution in [-0.4, -0.2) is 42.8 Å². The highest BCUT2D eigenvalue weighted by Crippen LogP contribution is 2.33. The van der Waals surface area contributed by atoms with Crippen molar-refractivity contribution in [3.05, 3.63) is 22.2 Å². The summed E-state index contributed by atoms with van der Waals surface area (Å²) >= 11 is 3.41. The van der Waals surface area contributed by atoms with Gasteiger partial charge in [0, 0.05) is 18.2 Å². The van der Waals surface area contributed by atoms with Crippen molar-refractivity contribution in [1.29, 1.82) is 0 Å². The van der Waals surface area contributed by atoms with Crippen molar-refractivity contribution in [2.75, 3.05) is 20.8 Å². The van der Waals surface area contributed by atoms with E-state index < -0.39 is 5.97 Å². The Hall–Kier alpha value is -1.27. The third-order valence-electron chi connectivity index (χ3n) is 3.00. The largest absolute Gasteiger partial charge is 0.496 e. The predicted molar refractivity (Wildman–Crippen MR) is 80.4 cm³/mol. The number of ether oxygens (including phenoxy) is 2. The summed E-state index contributed by atoms with van der Waals surface area (Å²) in [6.45, 7) is 4.40. The highest BCUT2D eigenvalue weighted by atomic mass is 79.9. The fourth-order valence-corrected chi connectivity index (χ4v) is 2.35. The van der Waals surface area contributed by atoms with Gasteiger partial charge in [-0.2, -0.15) is 0 Å². The molecule has 6 heteroatoms. The first kappa shape index (κ1) is 16.8. The van der Waals surface area contributed by atoms with Crippen LogP contribution in [0.5, 0.6) is 11.5 Å². The molecule has 1 aromatic rings. The molecule has 0 fully saturated rings. The van der Waals surface area contributed by atoms with Crippen LogP contribution in [0.3, 0.4) is 0 Å². The summed E-state index contributed by atoms with van der Waals surface area (Å²) in [6, 6.07) is 3.80. The van der Waals surface area contributed by atoms with Gasteiger partial charge < -0.3 is 14.6 Å². The van der Waals surface area contributed by atoms with E-state index in [1.807, 2.05) is 30.9 Å². The van der Waals surface area contributed by atoms with Crippen LogP contribution >= 0.6 is 15.9 Å². The Morgan fingerprint density at radius 1 is 1.30 bits per heavy atom. The molecule has 0 heterocycles. The Morgan fingerprint density at radius 2 is 1.90 bits per heavy atom. The van der Waals surface area contributed by atoms with Crippen molar-refractivity contribution in [3.8, 4) is 11.5 Å². The van der Waals surface area contributed by atoms with Gasteiger partial charge in [-0.25, -0.2) is 0 Å². The number of rotatable bonds is 7. The van der Waals surface area contributed by atoms with Crippen LogP contribution in [0.15, 0.2) is 16.6 Å². The lowest BCUT2D eigenvalue weighted by atomic mass is 10.1. The molecule has 0 saturated heterocycles. The maximum Gasteiger partial charge on any atom is 0.317 e. The minimum absolute atomic E-state index is 0.0147. The molecule has 0 aliphatic heterocycles. The Kier molecular flexibility index (Phi) is 6.29. The molecule has 0 radical (unpaired) electrons. The number of methoxy groups -OCH3 is 2. The van der Waals surface area contributed by atoms with Gasteiger partial charge in [0.15, 0.2) is 0 Å². The van der Waals surface area contributed by atoms with Gasteiger partial charge in [-0.15, -0.1) is 0 Å². The van der Waals surface area contributed by atoms with Crippen molar-refractivity contribution in [1.82, 2.24) is 4.90 Å². The highest BCUT2D eigenvalue weighted by molar-refractivity contribution is 9.10. The van der Waals surface area contributed by atoms with Crippen molar-refractivity contribution in [3.63, 3.8) is 0 Å². The molecule has 0 atom stereocenters. The molecule has 0 unspecified atom stereocenters. The standard InChI is InChI=1S/C14H20BrNO4/c1-9(2)16(8-14(17)18)7-10-5-13(20-4)11(15)6-12(10)19-3/h5-6,9H,7-8H2,1-4H3,(H,17,18). The smallest absolute Gasteiger partial charge is 0.317 e. The van der Waals surface area contributed by atoms with E-state index >= 15 is 0 Å². The Labute approximate surface area is 127 Å². The van der Waals surface area contributed by atoms with Gasteiger partial charge in [0.25, 0.3) is 0 Å². The number of benzene rings is 1. The highest BCUT2D eigenvalue weighted by Gasteiger charge is 2.17. The second-order valence-electron chi connectivity index (χ2n) is 4.69. The summed E-state index contributed by atoms with van der Waals surface area (Å²) in [5.74, 6) is 0.551. The Bertz CT molecular complexity index is 476. The molecule has 0 aliphatic rings. The number of carboxylic acid groups (broad SMARTS) is 1.